The van der Waals surface area contributed by atoms with Gasteiger partial charge in [-0.1, -0.05) is 34.6 Å². The molecule has 0 aromatic rings. The lowest BCUT2D eigenvalue weighted by Gasteiger charge is -2.38. The van der Waals surface area contributed by atoms with Crippen molar-refractivity contribution in [2.24, 2.45) is 11.3 Å². The fourth-order valence-electron chi connectivity index (χ4n) is 2.16. The Balaban J connectivity index is 4.36. The van der Waals surface area contributed by atoms with Gasteiger partial charge in [0.1, 0.15) is 0 Å². The second-order valence-corrected chi connectivity index (χ2v) is 5.14. The Hall–Kier alpha value is -0.0800. The summed E-state index contributed by atoms with van der Waals surface area (Å²) < 4.78 is 5.16. The van der Waals surface area contributed by atoms with Crippen LogP contribution in [-0.2, 0) is 4.74 Å². The second kappa shape index (κ2) is 7.24. The van der Waals surface area contributed by atoms with Crippen molar-refractivity contribution in [2.45, 2.75) is 53.5 Å². The molecule has 0 aliphatic carbocycles. The summed E-state index contributed by atoms with van der Waals surface area (Å²) in [4.78, 5) is 0. The van der Waals surface area contributed by atoms with Crippen molar-refractivity contribution < 1.29 is 4.74 Å². The molecule has 0 radical (unpaired) electrons. The standard InChI is InChI=1S/C13H29NO/c1-7-13(4,5)12(14-8-2)11(3)9-10-15-6/h11-12,14H,7-10H2,1-6H3. The molecule has 92 valence electrons. The maximum Gasteiger partial charge on any atom is 0.0465 e. The molecule has 0 aromatic heterocycles. The van der Waals surface area contributed by atoms with Gasteiger partial charge in [0.25, 0.3) is 0 Å². The zero-order chi connectivity index (χ0) is 11.9. The van der Waals surface area contributed by atoms with Gasteiger partial charge in [-0.15, -0.1) is 0 Å². The van der Waals surface area contributed by atoms with E-state index in [2.05, 4.69) is 39.9 Å². The van der Waals surface area contributed by atoms with Gasteiger partial charge in [-0.3, -0.25) is 0 Å². The van der Waals surface area contributed by atoms with E-state index in [1.807, 2.05) is 0 Å². The van der Waals surface area contributed by atoms with Gasteiger partial charge in [0.2, 0.25) is 0 Å². The number of hydrogen-bond donors (Lipinski definition) is 1. The van der Waals surface area contributed by atoms with Crippen molar-refractivity contribution in [3.05, 3.63) is 0 Å². The third-order valence-electron chi connectivity index (χ3n) is 3.52. The van der Waals surface area contributed by atoms with Crippen LogP contribution in [0.4, 0.5) is 0 Å². The molecule has 2 nitrogen and oxygen atoms in total. The summed E-state index contributed by atoms with van der Waals surface area (Å²) in [5, 5.41) is 3.63. The third kappa shape index (κ3) is 4.98. The molecule has 0 spiro atoms. The van der Waals surface area contributed by atoms with Gasteiger partial charge in [-0.25, -0.2) is 0 Å². The first-order chi connectivity index (χ1) is 6.99. The smallest absolute Gasteiger partial charge is 0.0465 e. The largest absolute Gasteiger partial charge is 0.385 e. The van der Waals surface area contributed by atoms with Crippen molar-refractivity contribution in [1.29, 1.82) is 0 Å². The molecule has 0 amide bonds. The molecule has 1 N–H and O–H groups in total. The number of methoxy groups -OCH3 is 1. The van der Waals surface area contributed by atoms with E-state index in [1.165, 1.54) is 6.42 Å². The van der Waals surface area contributed by atoms with E-state index in [-0.39, 0.29) is 0 Å². The fourth-order valence-corrected chi connectivity index (χ4v) is 2.16. The normalized spacial score (nSPS) is 16.4. The molecule has 0 aromatic carbocycles. The first kappa shape index (κ1) is 14.9. The molecule has 0 bridgehead atoms. The monoisotopic (exact) mass is 215 g/mol. The highest BCUT2D eigenvalue weighted by Gasteiger charge is 2.30. The van der Waals surface area contributed by atoms with E-state index >= 15 is 0 Å². The maximum absolute atomic E-state index is 5.16. The molecule has 2 heteroatoms. The highest BCUT2D eigenvalue weighted by Crippen LogP contribution is 2.30. The molecular formula is C13H29NO. The SMILES string of the molecule is CCNC(C(C)CCOC)C(C)(C)CC. The van der Waals surface area contributed by atoms with Gasteiger partial charge in [-0.05, 0) is 30.7 Å². The second-order valence-electron chi connectivity index (χ2n) is 5.14. The molecule has 0 aliphatic rings. The third-order valence-corrected chi connectivity index (χ3v) is 3.52. The first-order valence-corrected chi connectivity index (χ1v) is 6.21. The van der Waals surface area contributed by atoms with Crippen molar-refractivity contribution in [2.75, 3.05) is 20.3 Å². The summed E-state index contributed by atoms with van der Waals surface area (Å²) in [6.07, 6.45) is 2.35. The highest BCUT2D eigenvalue weighted by molar-refractivity contribution is 4.86. The lowest BCUT2D eigenvalue weighted by Crippen LogP contribution is -2.46. The van der Waals surface area contributed by atoms with Crippen LogP contribution < -0.4 is 5.32 Å². The summed E-state index contributed by atoms with van der Waals surface area (Å²) in [6.45, 7) is 13.4. The average Bonchev–Trinajstić information content (AvgIpc) is 2.22. The van der Waals surface area contributed by atoms with Crippen LogP contribution in [0, 0.1) is 11.3 Å². The lowest BCUT2D eigenvalue weighted by molar-refractivity contribution is 0.129. The van der Waals surface area contributed by atoms with Gasteiger partial charge in [0, 0.05) is 19.8 Å². The van der Waals surface area contributed by atoms with Gasteiger partial charge in [0.15, 0.2) is 0 Å². The first-order valence-electron chi connectivity index (χ1n) is 6.21. The van der Waals surface area contributed by atoms with E-state index in [0.29, 0.717) is 17.4 Å². The Morgan fingerprint density at radius 1 is 1.27 bits per heavy atom. The predicted molar refractivity (Wildman–Crippen MR) is 67.2 cm³/mol. The lowest BCUT2D eigenvalue weighted by atomic mass is 9.75. The van der Waals surface area contributed by atoms with Crippen LogP contribution in [0.5, 0.6) is 0 Å². The van der Waals surface area contributed by atoms with E-state index in [9.17, 15) is 0 Å². The Kier molecular flexibility index (Phi) is 7.20. The van der Waals surface area contributed by atoms with Crippen molar-refractivity contribution in [3.63, 3.8) is 0 Å². The van der Waals surface area contributed by atoms with Crippen LogP contribution in [-0.4, -0.2) is 26.3 Å². The van der Waals surface area contributed by atoms with Crippen LogP contribution in [0.2, 0.25) is 0 Å². The maximum atomic E-state index is 5.16. The zero-order valence-electron chi connectivity index (χ0n) is 11.4. The molecule has 15 heavy (non-hydrogen) atoms. The Morgan fingerprint density at radius 2 is 1.87 bits per heavy atom. The molecule has 0 aliphatic heterocycles. The van der Waals surface area contributed by atoms with Gasteiger partial charge in [0.05, 0.1) is 0 Å². The summed E-state index contributed by atoms with van der Waals surface area (Å²) in [7, 11) is 1.78. The molecule has 0 fully saturated rings. The van der Waals surface area contributed by atoms with Crippen LogP contribution in [0.25, 0.3) is 0 Å². The van der Waals surface area contributed by atoms with Crippen molar-refractivity contribution in [1.82, 2.24) is 5.32 Å². The summed E-state index contributed by atoms with van der Waals surface area (Å²) in [5.41, 5.74) is 0.364. The number of nitrogens with one attached hydrogen (secondary N) is 1. The quantitative estimate of drug-likeness (QED) is 0.672. The van der Waals surface area contributed by atoms with E-state index in [4.69, 9.17) is 4.74 Å². The predicted octanol–water partition coefficient (Wildman–Crippen LogP) is 3.07. The van der Waals surface area contributed by atoms with Crippen LogP contribution in [0.15, 0.2) is 0 Å². The van der Waals surface area contributed by atoms with Crippen LogP contribution >= 0.6 is 0 Å². The Bertz CT molecular complexity index is 157. The molecule has 0 saturated heterocycles. The minimum Gasteiger partial charge on any atom is -0.385 e. The van der Waals surface area contributed by atoms with Crippen molar-refractivity contribution in [3.8, 4) is 0 Å². The number of hydrogen-bond acceptors (Lipinski definition) is 2. The number of rotatable bonds is 8. The molecule has 0 rings (SSSR count). The topological polar surface area (TPSA) is 21.3 Å². The zero-order valence-corrected chi connectivity index (χ0v) is 11.4. The van der Waals surface area contributed by atoms with Crippen molar-refractivity contribution >= 4 is 0 Å². The Labute approximate surface area is 95.8 Å². The van der Waals surface area contributed by atoms with E-state index in [1.54, 1.807) is 7.11 Å². The minimum atomic E-state index is 0.364. The highest BCUT2D eigenvalue weighted by atomic mass is 16.5. The van der Waals surface area contributed by atoms with E-state index < -0.39 is 0 Å². The molecule has 0 heterocycles. The summed E-state index contributed by atoms with van der Waals surface area (Å²) in [5.74, 6) is 0.667. The van der Waals surface area contributed by atoms with Gasteiger partial charge < -0.3 is 10.1 Å². The molecular weight excluding hydrogens is 186 g/mol. The molecule has 2 atom stereocenters. The van der Waals surface area contributed by atoms with Gasteiger partial charge >= 0.3 is 0 Å². The summed E-state index contributed by atoms with van der Waals surface area (Å²) in [6, 6.07) is 0.586. The summed E-state index contributed by atoms with van der Waals surface area (Å²) >= 11 is 0. The fraction of sp³-hybridized carbons (Fsp3) is 1.00. The average molecular weight is 215 g/mol. The van der Waals surface area contributed by atoms with E-state index in [0.717, 1.165) is 19.6 Å². The number of ether oxygens (including phenoxy) is 1. The van der Waals surface area contributed by atoms with Crippen LogP contribution in [0.3, 0.4) is 0 Å². The Morgan fingerprint density at radius 3 is 2.27 bits per heavy atom. The van der Waals surface area contributed by atoms with Gasteiger partial charge in [-0.2, -0.15) is 0 Å². The van der Waals surface area contributed by atoms with Crippen LogP contribution in [0.1, 0.15) is 47.5 Å². The minimum absolute atomic E-state index is 0.364. The molecule has 0 saturated carbocycles. The molecule has 2 unspecified atom stereocenters.